The fraction of sp³-hybridized carbons (Fsp3) is 0.429. The molecule has 0 atom stereocenters. The molecule has 1 aromatic rings. The zero-order chi connectivity index (χ0) is 15.1. The van der Waals surface area contributed by atoms with E-state index in [0.29, 0.717) is 37.0 Å². The highest BCUT2D eigenvalue weighted by atomic mass is 16.6. The van der Waals surface area contributed by atoms with Crippen molar-refractivity contribution in [2.24, 2.45) is 0 Å². The van der Waals surface area contributed by atoms with Gasteiger partial charge in [-0.2, -0.15) is 0 Å². The second-order valence-electron chi connectivity index (χ2n) is 4.20. The first-order chi connectivity index (χ1) is 10.2. The monoisotopic (exact) mass is 295 g/mol. The summed E-state index contributed by atoms with van der Waals surface area (Å²) in [7, 11) is 0. The number of hydrogen-bond acceptors (Lipinski definition) is 6. The van der Waals surface area contributed by atoms with E-state index in [1.165, 1.54) is 0 Å². The highest BCUT2D eigenvalue weighted by molar-refractivity contribution is 5.93. The van der Waals surface area contributed by atoms with Gasteiger partial charge in [-0.3, -0.25) is 4.79 Å². The minimum Gasteiger partial charge on any atom is -0.486 e. The van der Waals surface area contributed by atoms with Crippen molar-refractivity contribution in [2.45, 2.75) is 6.92 Å². The van der Waals surface area contributed by atoms with Gasteiger partial charge in [-0.05, 0) is 19.1 Å². The number of fused-ring (bicyclic) bond motifs is 1. The second-order valence-corrected chi connectivity index (χ2v) is 4.20. The van der Waals surface area contributed by atoms with Crippen LogP contribution in [0.3, 0.4) is 0 Å². The number of ether oxygens (including phenoxy) is 4. The van der Waals surface area contributed by atoms with Crippen LogP contribution in [-0.4, -0.2) is 44.9 Å². The Morgan fingerprint density at radius 3 is 2.71 bits per heavy atom. The van der Waals surface area contributed by atoms with Gasteiger partial charge in [0, 0.05) is 18.4 Å². The number of carbonyl (C=O) groups is 2. The summed E-state index contributed by atoms with van der Waals surface area (Å²) in [5.74, 6) is 0.209. The number of nitrogens with one attached hydrogen (secondary N) is 1. The normalized spacial score (nSPS) is 12.6. The highest BCUT2D eigenvalue weighted by Gasteiger charge is 2.13. The van der Waals surface area contributed by atoms with E-state index in [1.807, 2.05) is 0 Å². The molecule has 21 heavy (non-hydrogen) atoms. The highest BCUT2D eigenvalue weighted by Crippen LogP contribution is 2.32. The fourth-order valence-corrected chi connectivity index (χ4v) is 1.69. The van der Waals surface area contributed by atoms with Crippen LogP contribution in [0.1, 0.15) is 6.92 Å². The smallest absolute Gasteiger partial charge is 0.332 e. The van der Waals surface area contributed by atoms with Crippen molar-refractivity contribution in [3.8, 4) is 11.5 Å². The predicted molar refractivity (Wildman–Crippen MR) is 73.5 cm³/mol. The van der Waals surface area contributed by atoms with Crippen LogP contribution >= 0.6 is 0 Å². The second kappa shape index (κ2) is 7.49. The van der Waals surface area contributed by atoms with Crippen molar-refractivity contribution in [3.05, 3.63) is 18.2 Å². The van der Waals surface area contributed by atoms with Crippen molar-refractivity contribution < 1.29 is 28.5 Å². The fourth-order valence-electron chi connectivity index (χ4n) is 1.69. The zero-order valence-corrected chi connectivity index (χ0v) is 11.7. The number of amides is 1. The number of rotatable bonds is 6. The lowest BCUT2D eigenvalue weighted by molar-refractivity contribution is -0.151. The summed E-state index contributed by atoms with van der Waals surface area (Å²) >= 11 is 0. The molecule has 114 valence electrons. The van der Waals surface area contributed by atoms with Gasteiger partial charge in [0.15, 0.2) is 18.1 Å². The van der Waals surface area contributed by atoms with Crippen LogP contribution < -0.4 is 14.8 Å². The van der Waals surface area contributed by atoms with E-state index in [1.54, 1.807) is 25.1 Å². The number of hydrogen-bond donors (Lipinski definition) is 1. The van der Waals surface area contributed by atoms with E-state index < -0.39 is 11.9 Å². The van der Waals surface area contributed by atoms with E-state index in [2.05, 4.69) is 5.32 Å². The number of anilines is 1. The molecule has 1 N–H and O–H groups in total. The summed E-state index contributed by atoms with van der Waals surface area (Å²) in [4.78, 5) is 22.8. The third-order valence-electron chi connectivity index (χ3n) is 2.61. The van der Waals surface area contributed by atoms with Gasteiger partial charge in [-0.1, -0.05) is 0 Å². The number of esters is 1. The summed E-state index contributed by atoms with van der Waals surface area (Å²) in [5.41, 5.74) is 0.546. The maximum Gasteiger partial charge on any atom is 0.332 e. The maximum absolute atomic E-state index is 11.7. The third-order valence-corrected chi connectivity index (χ3v) is 2.61. The minimum absolute atomic E-state index is 0.159. The lowest BCUT2D eigenvalue weighted by Crippen LogP contribution is -2.23. The van der Waals surface area contributed by atoms with Crippen LogP contribution in [0.5, 0.6) is 11.5 Å². The van der Waals surface area contributed by atoms with E-state index in [4.69, 9.17) is 18.9 Å². The van der Waals surface area contributed by atoms with Gasteiger partial charge >= 0.3 is 5.97 Å². The molecule has 7 nitrogen and oxygen atoms in total. The topological polar surface area (TPSA) is 83.1 Å². The molecular weight excluding hydrogens is 278 g/mol. The lowest BCUT2D eigenvalue weighted by Gasteiger charge is -2.19. The van der Waals surface area contributed by atoms with Crippen molar-refractivity contribution in [2.75, 3.05) is 38.4 Å². The van der Waals surface area contributed by atoms with Crippen LogP contribution in [-0.2, 0) is 19.1 Å². The van der Waals surface area contributed by atoms with Crippen LogP contribution in [0.2, 0.25) is 0 Å². The van der Waals surface area contributed by atoms with Crippen LogP contribution in [0.4, 0.5) is 5.69 Å². The third kappa shape index (κ3) is 4.64. The summed E-state index contributed by atoms with van der Waals surface area (Å²) < 4.78 is 20.4. The molecule has 1 aromatic carbocycles. The summed E-state index contributed by atoms with van der Waals surface area (Å²) in [6.07, 6.45) is 0. The standard InChI is InChI=1S/C14H17NO6/c1-2-18-9-14(17)21-8-13(16)15-10-3-4-11-12(7-10)20-6-5-19-11/h3-4,7H,2,5-6,8-9H2,1H3,(H,15,16). The van der Waals surface area contributed by atoms with Gasteiger partial charge in [0.1, 0.15) is 19.8 Å². The quantitative estimate of drug-likeness (QED) is 0.788. The Balaban J connectivity index is 1.81. The summed E-state index contributed by atoms with van der Waals surface area (Å²) in [6, 6.07) is 5.06. The summed E-state index contributed by atoms with van der Waals surface area (Å²) in [6.45, 7) is 2.64. The first-order valence-electron chi connectivity index (χ1n) is 6.62. The molecule has 1 aliphatic rings. The van der Waals surface area contributed by atoms with Crippen LogP contribution in [0, 0.1) is 0 Å². The Morgan fingerprint density at radius 2 is 1.95 bits per heavy atom. The molecule has 7 heteroatoms. The molecule has 1 heterocycles. The van der Waals surface area contributed by atoms with E-state index in [-0.39, 0.29) is 13.2 Å². The minimum atomic E-state index is -0.575. The van der Waals surface area contributed by atoms with Crippen LogP contribution in [0.25, 0.3) is 0 Å². The van der Waals surface area contributed by atoms with Crippen LogP contribution in [0.15, 0.2) is 18.2 Å². The lowest BCUT2D eigenvalue weighted by atomic mass is 10.2. The Hall–Kier alpha value is -2.28. The van der Waals surface area contributed by atoms with Crippen molar-refractivity contribution in [3.63, 3.8) is 0 Å². The molecule has 0 unspecified atom stereocenters. The maximum atomic E-state index is 11.7. The molecular formula is C14H17NO6. The molecule has 0 radical (unpaired) electrons. The van der Waals surface area contributed by atoms with E-state index in [0.717, 1.165) is 0 Å². The molecule has 2 rings (SSSR count). The van der Waals surface area contributed by atoms with Gasteiger partial charge in [0.2, 0.25) is 0 Å². The molecule has 0 spiro atoms. The van der Waals surface area contributed by atoms with Gasteiger partial charge in [0.05, 0.1) is 0 Å². The Labute approximate surface area is 122 Å². The van der Waals surface area contributed by atoms with Crippen molar-refractivity contribution in [1.29, 1.82) is 0 Å². The molecule has 1 amide bonds. The van der Waals surface area contributed by atoms with Gasteiger partial charge in [-0.25, -0.2) is 4.79 Å². The van der Waals surface area contributed by atoms with Crippen molar-refractivity contribution in [1.82, 2.24) is 0 Å². The Kier molecular flexibility index (Phi) is 5.39. The first kappa shape index (κ1) is 15.1. The SMILES string of the molecule is CCOCC(=O)OCC(=O)Nc1ccc2c(c1)OCCO2. The molecule has 0 saturated heterocycles. The average Bonchev–Trinajstić information content (AvgIpc) is 2.50. The molecule has 0 saturated carbocycles. The Morgan fingerprint density at radius 1 is 1.19 bits per heavy atom. The van der Waals surface area contributed by atoms with Gasteiger partial charge < -0.3 is 24.3 Å². The molecule has 0 fully saturated rings. The predicted octanol–water partition coefficient (Wildman–Crippen LogP) is 0.976. The van der Waals surface area contributed by atoms with Gasteiger partial charge in [0.25, 0.3) is 5.91 Å². The van der Waals surface area contributed by atoms with Crippen molar-refractivity contribution >= 4 is 17.6 Å². The summed E-state index contributed by atoms with van der Waals surface area (Å²) in [5, 5.41) is 2.61. The largest absolute Gasteiger partial charge is 0.486 e. The zero-order valence-electron chi connectivity index (χ0n) is 11.7. The number of carbonyl (C=O) groups excluding carboxylic acids is 2. The molecule has 0 aliphatic carbocycles. The van der Waals surface area contributed by atoms with E-state index >= 15 is 0 Å². The first-order valence-corrected chi connectivity index (χ1v) is 6.62. The van der Waals surface area contributed by atoms with Gasteiger partial charge in [-0.15, -0.1) is 0 Å². The molecule has 1 aliphatic heterocycles. The molecule has 0 aromatic heterocycles. The number of benzene rings is 1. The average molecular weight is 295 g/mol. The Bertz CT molecular complexity index is 516. The van der Waals surface area contributed by atoms with E-state index in [9.17, 15) is 9.59 Å². The molecule has 0 bridgehead atoms.